The number of hydrogen-bond donors (Lipinski definition) is 1. The van der Waals surface area contributed by atoms with Gasteiger partial charge in [-0.1, -0.05) is 6.92 Å². The maximum atomic E-state index is 12.6. The van der Waals surface area contributed by atoms with Gasteiger partial charge in [-0.25, -0.2) is 4.79 Å². The van der Waals surface area contributed by atoms with Crippen LogP contribution in [0.4, 0.5) is 10.5 Å². The Bertz CT molecular complexity index is 588. The number of amides is 2. The minimum atomic E-state index is 0.0112. The summed E-state index contributed by atoms with van der Waals surface area (Å²) in [4.78, 5) is 17.3. The fraction of sp³-hybridized carbons (Fsp3) is 0.667. The van der Waals surface area contributed by atoms with Crippen LogP contribution >= 0.6 is 11.8 Å². The summed E-state index contributed by atoms with van der Waals surface area (Å²) in [5.41, 5.74) is 0.821. The summed E-state index contributed by atoms with van der Waals surface area (Å²) in [6.45, 7) is 7.78. The van der Waals surface area contributed by atoms with E-state index in [1.807, 2.05) is 36.1 Å². The fourth-order valence-electron chi connectivity index (χ4n) is 4.18. The number of anilines is 1. The predicted octanol–water partition coefficient (Wildman–Crippen LogP) is 4.30. The number of rotatable bonds is 7. The first-order chi connectivity index (χ1) is 13.2. The van der Waals surface area contributed by atoms with E-state index in [1.54, 1.807) is 0 Å². The van der Waals surface area contributed by atoms with E-state index in [-0.39, 0.29) is 6.03 Å². The Balaban J connectivity index is 1.46. The highest BCUT2D eigenvalue weighted by atomic mass is 32.2. The number of nitrogens with zero attached hydrogens (tertiary/aromatic N) is 2. The molecule has 1 aromatic carbocycles. The molecule has 1 atom stereocenters. The van der Waals surface area contributed by atoms with Crippen molar-refractivity contribution in [2.24, 2.45) is 0 Å². The largest absolute Gasteiger partial charge is 0.494 e. The van der Waals surface area contributed by atoms with E-state index in [2.05, 4.69) is 28.9 Å². The standard InChI is InChI=1S/C21H33N3O2S/c1-3-26-20-9-7-17(8-10-20)22-21(25)23-14-11-18(12-15-23)24-13-5-6-19(24)16-27-4-2/h7-10,18-19H,3-6,11-16H2,1-2H3,(H,22,25)/t19-/m0/s1. The molecule has 2 heterocycles. The third-order valence-electron chi connectivity index (χ3n) is 5.57. The number of carbonyl (C=O) groups excluding carboxylic acids is 1. The van der Waals surface area contributed by atoms with E-state index in [0.29, 0.717) is 12.6 Å². The van der Waals surface area contributed by atoms with Gasteiger partial charge in [-0.05, 0) is 69.2 Å². The number of benzene rings is 1. The van der Waals surface area contributed by atoms with Gasteiger partial charge in [0, 0.05) is 36.6 Å². The van der Waals surface area contributed by atoms with Gasteiger partial charge in [-0.15, -0.1) is 0 Å². The number of urea groups is 1. The van der Waals surface area contributed by atoms with Gasteiger partial charge in [0.1, 0.15) is 5.75 Å². The molecule has 0 aliphatic carbocycles. The zero-order valence-corrected chi connectivity index (χ0v) is 17.5. The predicted molar refractivity (Wildman–Crippen MR) is 114 cm³/mol. The summed E-state index contributed by atoms with van der Waals surface area (Å²) in [5.74, 6) is 3.29. The van der Waals surface area contributed by atoms with Crippen LogP contribution < -0.4 is 10.1 Å². The molecule has 2 aliphatic rings. The summed E-state index contributed by atoms with van der Waals surface area (Å²) in [5, 5.41) is 3.02. The van der Waals surface area contributed by atoms with Crippen LogP contribution in [-0.2, 0) is 0 Å². The van der Waals surface area contributed by atoms with Crippen LogP contribution in [0.25, 0.3) is 0 Å². The molecule has 6 heteroatoms. The van der Waals surface area contributed by atoms with Gasteiger partial charge < -0.3 is 15.0 Å². The molecule has 0 aromatic heterocycles. The van der Waals surface area contributed by atoms with E-state index in [4.69, 9.17) is 4.74 Å². The normalized spacial score (nSPS) is 21.4. The zero-order valence-electron chi connectivity index (χ0n) is 16.7. The van der Waals surface area contributed by atoms with E-state index in [1.165, 1.54) is 30.9 Å². The summed E-state index contributed by atoms with van der Waals surface area (Å²) in [7, 11) is 0. The number of likely N-dealkylation sites (tertiary alicyclic amines) is 2. The van der Waals surface area contributed by atoms with Gasteiger partial charge >= 0.3 is 6.03 Å². The molecular formula is C21H33N3O2S. The van der Waals surface area contributed by atoms with Gasteiger partial charge in [-0.2, -0.15) is 11.8 Å². The molecule has 0 spiro atoms. The molecule has 0 saturated carbocycles. The Morgan fingerprint density at radius 1 is 1.15 bits per heavy atom. The second-order valence-corrected chi connectivity index (χ2v) is 8.62. The molecular weight excluding hydrogens is 358 g/mol. The van der Waals surface area contributed by atoms with Crippen LogP contribution in [0.3, 0.4) is 0 Å². The first-order valence-electron chi connectivity index (χ1n) is 10.3. The molecule has 0 unspecified atom stereocenters. The molecule has 1 aromatic rings. The SMILES string of the molecule is CCOc1ccc(NC(=O)N2CCC(N3CCC[C@H]3CSCC)CC2)cc1. The summed E-state index contributed by atoms with van der Waals surface area (Å²) >= 11 is 2.06. The zero-order chi connectivity index (χ0) is 19.1. The van der Waals surface area contributed by atoms with E-state index < -0.39 is 0 Å². The average molecular weight is 392 g/mol. The third-order valence-corrected chi connectivity index (χ3v) is 6.60. The van der Waals surface area contributed by atoms with Gasteiger partial charge in [0.05, 0.1) is 6.61 Å². The minimum Gasteiger partial charge on any atom is -0.494 e. The highest BCUT2D eigenvalue weighted by Crippen LogP contribution is 2.28. The summed E-state index contributed by atoms with van der Waals surface area (Å²) in [6.07, 6.45) is 4.84. The number of piperidine rings is 1. The smallest absolute Gasteiger partial charge is 0.321 e. The summed E-state index contributed by atoms with van der Waals surface area (Å²) in [6, 6.07) is 8.98. The molecule has 2 fully saturated rings. The molecule has 1 N–H and O–H groups in total. The molecule has 150 valence electrons. The molecule has 2 aliphatic heterocycles. The van der Waals surface area contributed by atoms with Crippen molar-refractivity contribution in [3.63, 3.8) is 0 Å². The van der Waals surface area contributed by atoms with E-state index in [9.17, 15) is 4.79 Å². The lowest BCUT2D eigenvalue weighted by molar-refractivity contribution is 0.118. The van der Waals surface area contributed by atoms with Gasteiger partial charge in [-0.3, -0.25) is 4.90 Å². The van der Waals surface area contributed by atoms with E-state index in [0.717, 1.165) is 43.4 Å². The first-order valence-corrected chi connectivity index (χ1v) is 11.5. The first kappa shape index (κ1) is 20.3. The number of hydrogen-bond acceptors (Lipinski definition) is 4. The maximum Gasteiger partial charge on any atom is 0.321 e. The Morgan fingerprint density at radius 3 is 2.56 bits per heavy atom. The van der Waals surface area contributed by atoms with Crippen molar-refractivity contribution >= 4 is 23.5 Å². The highest BCUT2D eigenvalue weighted by Gasteiger charge is 2.33. The van der Waals surface area contributed by atoms with Crippen LogP contribution in [0.1, 0.15) is 39.5 Å². The van der Waals surface area contributed by atoms with Crippen molar-refractivity contribution in [2.75, 3.05) is 43.1 Å². The number of thioether (sulfide) groups is 1. The maximum absolute atomic E-state index is 12.6. The van der Waals surface area contributed by atoms with Crippen molar-refractivity contribution in [1.29, 1.82) is 0 Å². The van der Waals surface area contributed by atoms with Crippen molar-refractivity contribution in [2.45, 2.75) is 51.6 Å². The van der Waals surface area contributed by atoms with Gasteiger partial charge in [0.15, 0.2) is 0 Å². The second-order valence-electron chi connectivity index (χ2n) is 7.30. The Hall–Kier alpha value is -1.40. The van der Waals surface area contributed by atoms with Gasteiger partial charge in [0.2, 0.25) is 0 Å². The Labute approximate surface area is 167 Å². The number of nitrogens with one attached hydrogen (secondary N) is 1. The quantitative estimate of drug-likeness (QED) is 0.753. The Kier molecular flexibility index (Phi) is 7.70. The van der Waals surface area contributed by atoms with Crippen molar-refractivity contribution in [3.05, 3.63) is 24.3 Å². The molecule has 2 saturated heterocycles. The third kappa shape index (κ3) is 5.55. The van der Waals surface area contributed by atoms with Crippen LogP contribution in [0.2, 0.25) is 0 Å². The van der Waals surface area contributed by atoms with E-state index >= 15 is 0 Å². The molecule has 0 radical (unpaired) electrons. The van der Waals surface area contributed by atoms with Crippen molar-refractivity contribution in [3.8, 4) is 5.75 Å². The highest BCUT2D eigenvalue weighted by molar-refractivity contribution is 7.99. The summed E-state index contributed by atoms with van der Waals surface area (Å²) < 4.78 is 5.45. The van der Waals surface area contributed by atoms with Crippen LogP contribution in [0.5, 0.6) is 5.75 Å². The number of ether oxygens (including phenoxy) is 1. The number of carbonyl (C=O) groups is 1. The average Bonchev–Trinajstić information content (AvgIpc) is 3.16. The monoisotopic (exact) mass is 391 g/mol. The van der Waals surface area contributed by atoms with Gasteiger partial charge in [0.25, 0.3) is 0 Å². The molecule has 27 heavy (non-hydrogen) atoms. The lowest BCUT2D eigenvalue weighted by Gasteiger charge is -2.39. The van der Waals surface area contributed by atoms with Crippen molar-refractivity contribution < 1.29 is 9.53 Å². The lowest BCUT2D eigenvalue weighted by atomic mass is 10.0. The van der Waals surface area contributed by atoms with Crippen LogP contribution in [0, 0.1) is 0 Å². The fourth-order valence-corrected chi connectivity index (χ4v) is 5.04. The molecule has 0 bridgehead atoms. The topological polar surface area (TPSA) is 44.8 Å². The Morgan fingerprint density at radius 2 is 1.89 bits per heavy atom. The van der Waals surface area contributed by atoms with Crippen LogP contribution in [-0.4, -0.2) is 65.7 Å². The minimum absolute atomic E-state index is 0.0112. The van der Waals surface area contributed by atoms with Crippen LogP contribution in [0.15, 0.2) is 24.3 Å². The van der Waals surface area contributed by atoms with Crippen molar-refractivity contribution in [1.82, 2.24) is 9.80 Å². The molecule has 3 rings (SSSR count). The molecule has 2 amide bonds. The lowest BCUT2D eigenvalue weighted by Crippen LogP contribution is -2.49. The molecule has 5 nitrogen and oxygen atoms in total. The second kappa shape index (κ2) is 10.2.